The minimum Gasteiger partial charge on any atom is -0.483 e. The maximum absolute atomic E-state index is 5.42. The molecule has 0 amide bonds. The van der Waals surface area contributed by atoms with Crippen molar-refractivity contribution in [1.82, 2.24) is 0 Å². The second kappa shape index (κ2) is 7.86. The summed E-state index contributed by atoms with van der Waals surface area (Å²) in [5.41, 5.74) is 5.60. The summed E-state index contributed by atoms with van der Waals surface area (Å²) in [6.07, 6.45) is 1.09. The number of hydrogen-bond acceptors (Lipinski definition) is 1. The summed E-state index contributed by atoms with van der Waals surface area (Å²) < 4.78 is 0. The van der Waals surface area contributed by atoms with Gasteiger partial charge in [-0.25, -0.2) is 0 Å². The van der Waals surface area contributed by atoms with Crippen LogP contribution in [0.3, 0.4) is 0 Å². The molecule has 0 aromatic heterocycles. The van der Waals surface area contributed by atoms with E-state index in [9.17, 15) is 0 Å². The van der Waals surface area contributed by atoms with Crippen molar-refractivity contribution in [2.24, 2.45) is 11.1 Å². The van der Waals surface area contributed by atoms with Crippen molar-refractivity contribution in [2.45, 2.75) is 34.1 Å². The van der Waals surface area contributed by atoms with Gasteiger partial charge in [-0.3, -0.25) is 6.54 Å². The molecule has 0 saturated carbocycles. The van der Waals surface area contributed by atoms with E-state index in [1.807, 2.05) is 0 Å². The molecule has 1 nitrogen and oxygen atoms in total. The van der Waals surface area contributed by atoms with Crippen LogP contribution in [-0.4, -0.2) is 0 Å². The summed E-state index contributed by atoms with van der Waals surface area (Å²) in [5, 5.41) is 0. The molecule has 1 radical (unpaired) electrons. The Labute approximate surface area is 97.0 Å². The van der Waals surface area contributed by atoms with E-state index in [1.54, 1.807) is 6.54 Å². The van der Waals surface area contributed by atoms with Crippen LogP contribution < -0.4 is 5.73 Å². The Kier molecular flexibility index (Phi) is 12.9. The molecule has 0 unspecified atom stereocenters. The molecule has 0 bridgehead atoms. The monoisotopic (exact) mass is 362 g/mol. The molecule has 0 aromatic carbocycles. The molecule has 0 fully saturated rings. The molecule has 0 spiro atoms. The molecule has 11 heavy (non-hydrogen) atoms. The molecular formula is C8H17NVW-2. The second-order valence-electron chi connectivity index (χ2n) is 3.54. The Morgan fingerprint density at radius 3 is 1.82 bits per heavy atom. The van der Waals surface area contributed by atoms with Crippen molar-refractivity contribution in [3.63, 3.8) is 0 Å². The first-order valence-electron chi connectivity index (χ1n) is 3.33. The first-order valence-corrected chi connectivity index (χ1v) is 3.33. The quantitative estimate of drug-likeness (QED) is 0.766. The van der Waals surface area contributed by atoms with E-state index in [-0.39, 0.29) is 45.0 Å². The summed E-state index contributed by atoms with van der Waals surface area (Å²) in [5.74, 6) is 1.43. The fraction of sp³-hybridized carbons (Fsp3) is 0.750. The summed E-state index contributed by atoms with van der Waals surface area (Å²) in [6, 6.07) is 0. The minimum absolute atomic E-state index is 0. The van der Waals surface area contributed by atoms with E-state index in [0.717, 1.165) is 6.42 Å². The molecule has 3 heteroatoms. The third kappa shape index (κ3) is 11.2. The van der Waals surface area contributed by atoms with Gasteiger partial charge in [0.25, 0.3) is 0 Å². The Morgan fingerprint density at radius 1 is 1.36 bits per heavy atom. The van der Waals surface area contributed by atoms with E-state index in [4.69, 9.17) is 5.73 Å². The van der Waals surface area contributed by atoms with Crippen molar-refractivity contribution < 1.29 is 39.6 Å². The van der Waals surface area contributed by atoms with Crippen molar-refractivity contribution >= 4 is 0 Å². The van der Waals surface area contributed by atoms with Gasteiger partial charge in [-0.1, -0.05) is 13.8 Å². The molecule has 67 valence electrons. The summed E-state index contributed by atoms with van der Waals surface area (Å²) in [6.45, 7) is 10.3. The molecule has 0 aromatic rings. The first-order chi connectivity index (χ1) is 3.98. The van der Waals surface area contributed by atoms with E-state index in [1.165, 1.54) is 5.92 Å². The predicted molar refractivity (Wildman–Crippen MR) is 41.5 cm³/mol. The van der Waals surface area contributed by atoms with Crippen LogP contribution in [0.15, 0.2) is 0 Å². The normalized spacial score (nSPS) is 10.4. The van der Waals surface area contributed by atoms with Crippen LogP contribution in [-0.2, 0) is 39.6 Å². The Bertz CT molecular complexity index is 84.2. The van der Waals surface area contributed by atoms with Crippen molar-refractivity contribution in [2.75, 3.05) is 0 Å². The predicted octanol–water partition coefficient (Wildman–Crippen LogP) is 2.13. The molecule has 0 aliphatic heterocycles. The maximum atomic E-state index is 5.42. The first kappa shape index (κ1) is 18.1. The van der Waals surface area contributed by atoms with Crippen molar-refractivity contribution in [1.29, 1.82) is 0 Å². The van der Waals surface area contributed by atoms with Gasteiger partial charge in [-0.2, -0.15) is 25.7 Å². The van der Waals surface area contributed by atoms with Crippen LogP contribution in [0.5, 0.6) is 0 Å². The van der Waals surface area contributed by atoms with Crippen LogP contribution >= 0.6 is 0 Å². The van der Waals surface area contributed by atoms with Gasteiger partial charge in [0.05, 0.1) is 0 Å². The summed E-state index contributed by atoms with van der Waals surface area (Å²) >= 11 is 0. The largest absolute Gasteiger partial charge is 0.483 e. The third-order valence-electron chi connectivity index (χ3n) is 1.26. The zero-order valence-electron chi connectivity index (χ0n) is 7.72. The molecule has 0 aliphatic rings. The molecule has 0 rings (SSSR count). The topological polar surface area (TPSA) is 26.0 Å². The van der Waals surface area contributed by atoms with Crippen molar-refractivity contribution in [3.05, 3.63) is 12.5 Å². The Hall–Kier alpha value is 1.23. The third-order valence-corrected chi connectivity index (χ3v) is 1.26. The van der Waals surface area contributed by atoms with Gasteiger partial charge in [0, 0.05) is 39.6 Å². The van der Waals surface area contributed by atoms with Gasteiger partial charge in [-0.05, 0) is 0 Å². The van der Waals surface area contributed by atoms with Crippen LogP contribution in [0, 0.1) is 17.9 Å². The zero-order valence-corrected chi connectivity index (χ0v) is 12.0. The van der Waals surface area contributed by atoms with Crippen molar-refractivity contribution in [3.8, 4) is 0 Å². The van der Waals surface area contributed by atoms with Crippen LogP contribution in [0.4, 0.5) is 0 Å². The van der Waals surface area contributed by atoms with Gasteiger partial charge in [-0.15, -0.1) is 0 Å². The molecule has 0 heterocycles. The van der Waals surface area contributed by atoms with Gasteiger partial charge in [0.2, 0.25) is 0 Å². The zero-order chi connectivity index (χ0) is 7.49. The fourth-order valence-corrected chi connectivity index (χ4v) is 0.970. The smallest absolute Gasteiger partial charge is 0 e. The summed E-state index contributed by atoms with van der Waals surface area (Å²) in [4.78, 5) is 0. The second-order valence-corrected chi connectivity index (χ2v) is 3.54. The van der Waals surface area contributed by atoms with Gasteiger partial charge in [0.1, 0.15) is 0 Å². The maximum Gasteiger partial charge on any atom is 0 e. The van der Waals surface area contributed by atoms with Gasteiger partial charge < -0.3 is 11.7 Å². The van der Waals surface area contributed by atoms with Crippen LogP contribution in [0.2, 0.25) is 0 Å². The molecule has 2 N–H and O–H groups in total. The fourth-order valence-electron chi connectivity index (χ4n) is 0.970. The van der Waals surface area contributed by atoms with E-state index >= 15 is 0 Å². The number of rotatable bonds is 3. The SMILES string of the molecule is C[C-](C)CC(C)(C)[CH-]N.[V].[W]. The minimum atomic E-state index is 0. The molecule has 0 saturated heterocycles. The standard InChI is InChI=1S/C8H17N.V.W/c1-7(2)5-8(3,4)6-9;;/h6H,5,9H2,1-4H3;;/q-2;;. The van der Waals surface area contributed by atoms with Gasteiger partial charge >= 0.3 is 0 Å². The van der Waals surface area contributed by atoms with E-state index in [0.29, 0.717) is 0 Å². The van der Waals surface area contributed by atoms with E-state index in [2.05, 4.69) is 27.7 Å². The summed E-state index contributed by atoms with van der Waals surface area (Å²) in [7, 11) is 0. The van der Waals surface area contributed by atoms with Crippen LogP contribution in [0.25, 0.3) is 0 Å². The molecule has 0 atom stereocenters. The van der Waals surface area contributed by atoms with Gasteiger partial charge in [0.15, 0.2) is 0 Å². The molecule has 0 aliphatic carbocycles. The van der Waals surface area contributed by atoms with Crippen LogP contribution in [0.1, 0.15) is 34.1 Å². The average Bonchev–Trinajstić information content (AvgIpc) is 1.63. The number of hydrogen-bond donors (Lipinski definition) is 1. The number of nitrogens with two attached hydrogens (primary N) is 1. The Balaban J connectivity index is -0.000000320. The average molecular weight is 362 g/mol. The van der Waals surface area contributed by atoms with E-state index < -0.39 is 0 Å². The molecular weight excluding hydrogens is 345 g/mol. The Morgan fingerprint density at radius 2 is 1.73 bits per heavy atom.